The molecule has 4 atom stereocenters. The molecule has 1 aromatic rings. The Kier molecular flexibility index (Phi) is 4.19. The van der Waals surface area contributed by atoms with Crippen molar-refractivity contribution in [2.75, 3.05) is 5.32 Å². The predicted octanol–water partition coefficient (Wildman–Crippen LogP) is 4.27. The number of allylic oxidation sites excluding steroid dienone is 2. The van der Waals surface area contributed by atoms with E-state index in [1.807, 2.05) is 24.3 Å². The Hall–Kier alpha value is -1.62. The fourth-order valence-electron chi connectivity index (χ4n) is 5.84. The number of hydrogen-bond acceptors (Lipinski definition) is 2. The largest absolute Gasteiger partial charge is 0.353 e. The molecule has 0 unspecified atom stereocenters. The fourth-order valence-corrected chi connectivity index (χ4v) is 6.10. The first-order valence-electron chi connectivity index (χ1n) is 10.1. The number of carbonyl (C=O) groups excluding carboxylic acids is 2. The number of halogens is 1. The molecule has 3 fully saturated rings. The van der Waals surface area contributed by atoms with Crippen molar-refractivity contribution in [2.24, 2.45) is 29.1 Å². The van der Waals surface area contributed by atoms with Gasteiger partial charge in [0.05, 0.1) is 11.8 Å². The van der Waals surface area contributed by atoms with Gasteiger partial charge in [0.15, 0.2) is 0 Å². The molecule has 1 spiro atoms. The summed E-state index contributed by atoms with van der Waals surface area (Å²) in [5.41, 5.74) is 0.967. The van der Waals surface area contributed by atoms with Crippen molar-refractivity contribution in [3.63, 3.8) is 0 Å². The van der Waals surface area contributed by atoms with Crippen molar-refractivity contribution >= 4 is 33.4 Å². The maximum atomic E-state index is 13.2. The molecule has 2 amide bonds. The average molecular weight is 429 g/mol. The number of nitrogens with one attached hydrogen (secondary N) is 2. The van der Waals surface area contributed by atoms with Gasteiger partial charge in [0.1, 0.15) is 0 Å². The van der Waals surface area contributed by atoms with Gasteiger partial charge in [0.2, 0.25) is 11.8 Å². The summed E-state index contributed by atoms with van der Waals surface area (Å²) in [5.74, 6) is 0.0425. The van der Waals surface area contributed by atoms with E-state index in [0.29, 0.717) is 6.04 Å². The zero-order chi connectivity index (χ0) is 18.6. The summed E-state index contributed by atoms with van der Waals surface area (Å²) in [6, 6.07) is 7.93. The van der Waals surface area contributed by atoms with Gasteiger partial charge in [-0.2, -0.15) is 0 Å². The van der Waals surface area contributed by atoms with Gasteiger partial charge < -0.3 is 10.6 Å². The Morgan fingerprint density at radius 3 is 2.11 bits per heavy atom. The van der Waals surface area contributed by atoms with Crippen LogP contribution in [0.3, 0.4) is 0 Å². The SMILES string of the molecule is O=C(NC1CCCC1)[C@H]1[C@H](C(=O)Nc2ccc(Br)cc2)[C@@H]2C=C[C@H]1C21CC1. The van der Waals surface area contributed by atoms with E-state index in [9.17, 15) is 9.59 Å². The standard InChI is InChI=1S/C22H25BrN2O2/c23-13-5-7-15(8-6-13)25-21(27)19-17-10-9-16(22(17)11-12-22)18(19)20(26)24-14-3-1-2-4-14/h5-10,14,16-19H,1-4,11-12H2,(H,24,26)(H,25,27)/t16-,17+,18-,19-/m1/s1. The van der Waals surface area contributed by atoms with E-state index in [2.05, 4.69) is 38.7 Å². The van der Waals surface area contributed by atoms with Gasteiger partial charge in [-0.25, -0.2) is 0 Å². The van der Waals surface area contributed by atoms with Crippen LogP contribution in [0.1, 0.15) is 38.5 Å². The molecule has 0 aliphatic heterocycles. The van der Waals surface area contributed by atoms with Gasteiger partial charge in [0, 0.05) is 16.2 Å². The Morgan fingerprint density at radius 2 is 1.52 bits per heavy atom. The summed E-state index contributed by atoms with van der Waals surface area (Å²) in [4.78, 5) is 26.4. The van der Waals surface area contributed by atoms with Crippen molar-refractivity contribution in [2.45, 2.75) is 44.6 Å². The summed E-state index contributed by atoms with van der Waals surface area (Å²) < 4.78 is 0.981. The molecule has 4 aliphatic rings. The first-order chi connectivity index (χ1) is 13.1. The second-order valence-corrected chi connectivity index (χ2v) is 9.62. The molecular weight excluding hydrogens is 404 g/mol. The van der Waals surface area contributed by atoms with E-state index < -0.39 is 0 Å². The molecule has 0 aromatic heterocycles. The molecule has 5 rings (SSSR count). The van der Waals surface area contributed by atoms with Crippen LogP contribution in [0.25, 0.3) is 0 Å². The third kappa shape index (κ3) is 2.86. The van der Waals surface area contributed by atoms with Crippen LogP contribution in [0.5, 0.6) is 0 Å². The van der Waals surface area contributed by atoms with Gasteiger partial charge in [0.25, 0.3) is 0 Å². The van der Waals surface area contributed by atoms with Crippen molar-refractivity contribution in [3.05, 3.63) is 40.9 Å². The van der Waals surface area contributed by atoms with Gasteiger partial charge in [-0.05, 0) is 67.2 Å². The molecule has 4 nitrogen and oxygen atoms in total. The molecule has 1 aromatic carbocycles. The van der Waals surface area contributed by atoms with Crippen molar-refractivity contribution in [3.8, 4) is 0 Å². The Bertz CT molecular complexity index is 793. The summed E-state index contributed by atoms with van der Waals surface area (Å²) in [7, 11) is 0. The second kappa shape index (κ2) is 6.47. The van der Waals surface area contributed by atoms with Crippen molar-refractivity contribution in [1.29, 1.82) is 0 Å². The minimum absolute atomic E-state index is 0.00739. The summed E-state index contributed by atoms with van der Waals surface area (Å²) in [6.45, 7) is 0. The Balaban J connectivity index is 1.38. The van der Waals surface area contributed by atoms with Gasteiger partial charge in [-0.3, -0.25) is 9.59 Å². The minimum atomic E-state index is -0.257. The molecule has 0 saturated heterocycles. The van der Waals surface area contributed by atoms with Crippen molar-refractivity contribution in [1.82, 2.24) is 5.32 Å². The molecule has 27 heavy (non-hydrogen) atoms. The zero-order valence-corrected chi connectivity index (χ0v) is 16.9. The van der Waals surface area contributed by atoms with E-state index >= 15 is 0 Å². The molecule has 4 aliphatic carbocycles. The average Bonchev–Trinajstić information content (AvgIpc) is 3.02. The molecule has 0 heterocycles. The van der Waals surface area contributed by atoms with E-state index in [4.69, 9.17) is 0 Å². The first-order valence-corrected chi connectivity index (χ1v) is 10.9. The van der Waals surface area contributed by atoms with E-state index in [-0.39, 0.29) is 40.9 Å². The van der Waals surface area contributed by atoms with Crippen LogP contribution >= 0.6 is 15.9 Å². The lowest BCUT2D eigenvalue weighted by molar-refractivity contribution is -0.133. The highest BCUT2D eigenvalue weighted by molar-refractivity contribution is 9.10. The highest BCUT2D eigenvalue weighted by Crippen LogP contribution is 2.72. The fraction of sp³-hybridized carbons (Fsp3) is 0.545. The number of rotatable bonds is 4. The van der Waals surface area contributed by atoms with Crippen LogP contribution < -0.4 is 10.6 Å². The van der Waals surface area contributed by atoms with Crippen LogP contribution in [0.15, 0.2) is 40.9 Å². The highest BCUT2D eigenvalue weighted by Gasteiger charge is 2.69. The summed E-state index contributed by atoms with van der Waals surface area (Å²) in [5, 5.41) is 6.33. The monoisotopic (exact) mass is 428 g/mol. The van der Waals surface area contributed by atoms with E-state index in [0.717, 1.165) is 35.8 Å². The quantitative estimate of drug-likeness (QED) is 0.703. The molecule has 5 heteroatoms. The lowest BCUT2D eigenvalue weighted by atomic mass is 9.81. The van der Waals surface area contributed by atoms with Crippen molar-refractivity contribution < 1.29 is 9.59 Å². The molecular formula is C22H25BrN2O2. The van der Waals surface area contributed by atoms with Crippen LogP contribution in [0, 0.1) is 29.1 Å². The number of hydrogen-bond donors (Lipinski definition) is 2. The maximum Gasteiger partial charge on any atom is 0.228 e. The third-order valence-electron chi connectivity index (χ3n) is 7.26. The third-order valence-corrected chi connectivity index (χ3v) is 7.79. The van der Waals surface area contributed by atoms with E-state index in [1.54, 1.807) is 0 Å². The molecule has 2 N–H and O–H groups in total. The van der Waals surface area contributed by atoms with Gasteiger partial charge in [-0.1, -0.05) is 40.9 Å². The number of amides is 2. The first kappa shape index (κ1) is 17.5. The van der Waals surface area contributed by atoms with Crippen LogP contribution in [0.2, 0.25) is 0 Å². The number of anilines is 1. The molecule has 142 valence electrons. The van der Waals surface area contributed by atoms with Gasteiger partial charge in [-0.15, -0.1) is 0 Å². The Morgan fingerprint density at radius 1 is 0.926 bits per heavy atom. The zero-order valence-electron chi connectivity index (χ0n) is 15.3. The van der Waals surface area contributed by atoms with Crippen LogP contribution in [-0.2, 0) is 9.59 Å². The van der Waals surface area contributed by atoms with E-state index in [1.165, 1.54) is 12.8 Å². The normalized spacial score (nSPS) is 32.8. The summed E-state index contributed by atoms with van der Waals surface area (Å²) >= 11 is 3.42. The lowest BCUT2D eigenvalue weighted by Crippen LogP contribution is -2.44. The highest BCUT2D eigenvalue weighted by atomic mass is 79.9. The molecule has 3 saturated carbocycles. The Labute approximate surface area is 168 Å². The topological polar surface area (TPSA) is 58.2 Å². The molecule has 0 radical (unpaired) electrons. The molecule has 2 bridgehead atoms. The smallest absolute Gasteiger partial charge is 0.228 e. The number of carbonyl (C=O) groups is 2. The summed E-state index contributed by atoms with van der Waals surface area (Å²) in [6.07, 6.45) is 11.3. The number of benzene rings is 1. The minimum Gasteiger partial charge on any atom is -0.353 e. The maximum absolute atomic E-state index is 13.2. The van der Waals surface area contributed by atoms with Gasteiger partial charge >= 0.3 is 0 Å². The second-order valence-electron chi connectivity index (χ2n) is 8.71. The lowest BCUT2D eigenvalue weighted by Gasteiger charge is -2.27. The van der Waals surface area contributed by atoms with Crippen LogP contribution in [-0.4, -0.2) is 17.9 Å². The van der Waals surface area contributed by atoms with Crippen LogP contribution in [0.4, 0.5) is 5.69 Å². The predicted molar refractivity (Wildman–Crippen MR) is 108 cm³/mol.